The first-order chi connectivity index (χ1) is 14.6. The molecule has 1 aromatic heterocycles. The SMILES string of the molecule is COc1cc(-c2coc3cc(OC)c(OC)c(OC)c3c2=O)c(OC)c2c1OCO2. The molecule has 0 amide bonds. The third-order valence-electron chi connectivity index (χ3n) is 4.85. The Morgan fingerprint density at radius 3 is 2.03 bits per heavy atom. The van der Waals surface area contributed by atoms with Crippen LogP contribution in [0.15, 0.2) is 27.6 Å². The van der Waals surface area contributed by atoms with Crippen LogP contribution < -0.4 is 38.6 Å². The first kappa shape index (κ1) is 19.6. The summed E-state index contributed by atoms with van der Waals surface area (Å²) >= 11 is 0. The van der Waals surface area contributed by atoms with Crippen LogP contribution in [-0.2, 0) is 0 Å². The molecular weight excluding hydrogens is 396 g/mol. The summed E-state index contributed by atoms with van der Waals surface area (Å²) in [5, 5.41) is 0.200. The quantitative estimate of drug-likeness (QED) is 0.600. The Kier molecular flexibility index (Phi) is 4.94. The van der Waals surface area contributed by atoms with Crippen molar-refractivity contribution in [2.45, 2.75) is 0 Å². The Morgan fingerprint density at radius 2 is 1.40 bits per heavy atom. The van der Waals surface area contributed by atoms with Gasteiger partial charge in [0.1, 0.15) is 17.2 Å². The molecule has 0 aliphatic carbocycles. The van der Waals surface area contributed by atoms with Crippen LogP contribution in [0.3, 0.4) is 0 Å². The summed E-state index contributed by atoms with van der Waals surface area (Å²) in [4.78, 5) is 13.5. The molecule has 0 saturated carbocycles. The van der Waals surface area contributed by atoms with Gasteiger partial charge in [0.25, 0.3) is 0 Å². The van der Waals surface area contributed by atoms with E-state index >= 15 is 0 Å². The molecule has 2 heterocycles. The minimum atomic E-state index is -0.353. The van der Waals surface area contributed by atoms with E-state index in [1.165, 1.54) is 41.8 Å². The van der Waals surface area contributed by atoms with Crippen molar-refractivity contribution in [2.24, 2.45) is 0 Å². The van der Waals surface area contributed by atoms with Crippen molar-refractivity contribution in [3.63, 3.8) is 0 Å². The zero-order valence-corrected chi connectivity index (χ0v) is 17.1. The molecule has 1 aliphatic heterocycles. The lowest BCUT2D eigenvalue weighted by molar-refractivity contribution is 0.168. The van der Waals surface area contributed by atoms with Crippen LogP contribution in [0.5, 0.6) is 40.2 Å². The van der Waals surface area contributed by atoms with Crippen LogP contribution in [0.4, 0.5) is 0 Å². The average molecular weight is 416 g/mol. The topological polar surface area (TPSA) is 94.8 Å². The van der Waals surface area contributed by atoms with Crippen molar-refractivity contribution >= 4 is 11.0 Å². The molecule has 2 aromatic carbocycles. The van der Waals surface area contributed by atoms with Gasteiger partial charge in [0.05, 0.1) is 41.1 Å². The van der Waals surface area contributed by atoms with E-state index in [-0.39, 0.29) is 40.3 Å². The molecule has 0 atom stereocenters. The summed E-state index contributed by atoms with van der Waals surface area (Å²) in [6.07, 6.45) is 1.34. The molecule has 0 N–H and O–H groups in total. The third-order valence-corrected chi connectivity index (χ3v) is 4.85. The van der Waals surface area contributed by atoms with E-state index in [1.807, 2.05) is 0 Å². The highest BCUT2D eigenvalue weighted by Gasteiger charge is 2.30. The second-order valence-corrected chi connectivity index (χ2v) is 6.22. The van der Waals surface area contributed by atoms with Gasteiger partial charge in [0.2, 0.25) is 29.5 Å². The van der Waals surface area contributed by atoms with Gasteiger partial charge in [-0.3, -0.25) is 4.79 Å². The lowest BCUT2D eigenvalue weighted by Crippen LogP contribution is -2.09. The van der Waals surface area contributed by atoms with Crippen LogP contribution in [0.25, 0.3) is 22.1 Å². The molecule has 0 spiro atoms. The van der Waals surface area contributed by atoms with Gasteiger partial charge in [-0.25, -0.2) is 0 Å². The Hall–Kier alpha value is -3.75. The summed E-state index contributed by atoms with van der Waals surface area (Å²) in [5.74, 6) is 2.35. The monoisotopic (exact) mass is 416 g/mol. The van der Waals surface area contributed by atoms with Crippen molar-refractivity contribution in [1.82, 2.24) is 0 Å². The summed E-state index contributed by atoms with van der Waals surface area (Å²) < 4.78 is 43.9. The largest absolute Gasteiger partial charge is 0.493 e. The average Bonchev–Trinajstić information content (AvgIpc) is 3.26. The highest BCUT2D eigenvalue weighted by atomic mass is 16.7. The number of hydrogen-bond acceptors (Lipinski definition) is 9. The molecule has 3 aromatic rings. The summed E-state index contributed by atoms with van der Waals surface area (Å²) in [6.45, 7) is 0.0165. The Morgan fingerprint density at radius 1 is 0.733 bits per heavy atom. The Labute approximate surface area is 171 Å². The molecule has 30 heavy (non-hydrogen) atoms. The molecule has 0 unspecified atom stereocenters. The zero-order valence-electron chi connectivity index (χ0n) is 17.1. The van der Waals surface area contributed by atoms with Crippen molar-refractivity contribution in [1.29, 1.82) is 0 Å². The molecule has 158 valence electrons. The number of benzene rings is 2. The zero-order chi connectivity index (χ0) is 21.4. The highest BCUT2D eigenvalue weighted by Crippen LogP contribution is 2.52. The van der Waals surface area contributed by atoms with E-state index in [0.29, 0.717) is 34.3 Å². The van der Waals surface area contributed by atoms with E-state index in [2.05, 4.69) is 0 Å². The molecule has 4 rings (SSSR count). The molecule has 0 saturated heterocycles. The smallest absolute Gasteiger partial charge is 0.231 e. The Bertz CT molecular complexity index is 1180. The lowest BCUT2D eigenvalue weighted by Gasteiger charge is -2.16. The molecule has 1 aliphatic rings. The molecule has 9 heteroatoms. The number of methoxy groups -OCH3 is 5. The first-order valence-electron chi connectivity index (χ1n) is 8.88. The van der Waals surface area contributed by atoms with Crippen molar-refractivity contribution in [3.8, 4) is 51.4 Å². The van der Waals surface area contributed by atoms with Gasteiger partial charge in [-0.2, -0.15) is 0 Å². The number of ether oxygens (including phenoxy) is 7. The van der Waals surface area contributed by atoms with Crippen molar-refractivity contribution in [3.05, 3.63) is 28.6 Å². The van der Waals surface area contributed by atoms with Crippen LogP contribution in [-0.4, -0.2) is 42.3 Å². The minimum absolute atomic E-state index is 0.0165. The maximum atomic E-state index is 13.5. The van der Waals surface area contributed by atoms with Gasteiger partial charge >= 0.3 is 0 Å². The second-order valence-electron chi connectivity index (χ2n) is 6.22. The molecule has 0 radical (unpaired) electrons. The standard InChI is InChI=1S/C21H20O9/c1-23-13-6-10(17(25-3)21-19(13)29-9-30-21)11-8-28-12-7-14(24-2)18(26-4)20(27-5)15(12)16(11)22/h6-8H,9H2,1-5H3. The van der Waals surface area contributed by atoms with Gasteiger partial charge in [-0.15, -0.1) is 0 Å². The van der Waals surface area contributed by atoms with Crippen LogP contribution in [0.1, 0.15) is 0 Å². The Balaban J connectivity index is 2.07. The van der Waals surface area contributed by atoms with E-state index in [1.54, 1.807) is 12.1 Å². The molecular formula is C21H20O9. The van der Waals surface area contributed by atoms with Gasteiger partial charge in [-0.1, -0.05) is 0 Å². The lowest BCUT2D eigenvalue weighted by atomic mass is 10.0. The van der Waals surface area contributed by atoms with E-state index < -0.39 is 0 Å². The van der Waals surface area contributed by atoms with Crippen LogP contribution >= 0.6 is 0 Å². The number of rotatable bonds is 6. The minimum Gasteiger partial charge on any atom is -0.493 e. The predicted molar refractivity (Wildman–Crippen MR) is 107 cm³/mol. The predicted octanol–water partition coefficient (Wildman–Crippen LogP) is 3.23. The first-order valence-corrected chi connectivity index (χ1v) is 8.88. The van der Waals surface area contributed by atoms with Crippen LogP contribution in [0, 0.1) is 0 Å². The molecule has 0 bridgehead atoms. The van der Waals surface area contributed by atoms with Gasteiger partial charge < -0.3 is 37.6 Å². The second kappa shape index (κ2) is 7.58. The third kappa shape index (κ3) is 2.73. The van der Waals surface area contributed by atoms with E-state index in [9.17, 15) is 4.79 Å². The fraction of sp³-hybridized carbons (Fsp3) is 0.286. The van der Waals surface area contributed by atoms with Crippen molar-refractivity contribution < 1.29 is 37.6 Å². The summed E-state index contributed by atoms with van der Waals surface area (Å²) in [5.41, 5.74) is 0.575. The highest BCUT2D eigenvalue weighted by molar-refractivity contribution is 5.93. The number of fused-ring (bicyclic) bond motifs is 2. The van der Waals surface area contributed by atoms with Crippen molar-refractivity contribution in [2.75, 3.05) is 42.3 Å². The molecule has 9 nitrogen and oxygen atoms in total. The number of hydrogen-bond donors (Lipinski definition) is 0. The maximum Gasteiger partial charge on any atom is 0.231 e. The van der Waals surface area contributed by atoms with Gasteiger partial charge in [-0.05, 0) is 6.07 Å². The van der Waals surface area contributed by atoms with Gasteiger partial charge in [0.15, 0.2) is 23.0 Å². The van der Waals surface area contributed by atoms with E-state index in [0.717, 1.165) is 0 Å². The fourth-order valence-corrected chi connectivity index (χ4v) is 3.51. The maximum absolute atomic E-state index is 13.5. The van der Waals surface area contributed by atoms with Gasteiger partial charge in [0, 0.05) is 11.6 Å². The fourth-order valence-electron chi connectivity index (χ4n) is 3.51. The molecule has 0 fully saturated rings. The summed E-state index contributed by atoms with van der Waals surface area (Å²) in [6, 6.07) is 3.21. The normalized spacial score (nSPS) is 12.0. The van der Waals surface area contributed by atoms with E-state index in [4.69, 9.17) is 37.6 Å². The summed E-state index contributed by atoms with van der Waals surface area (Å²) in [7, 11) is 7.36. The van der Waals surface area contributed by atoms with Crippen LogP contribution in [0.2, 0.25) is 0 Å².